The second-order valence-corrected chi connectivity index (χ2v) is 6.36. The minimum absolute atomic E-state index is 0.274. The monoisotopic (exact) mass is 261 g/mol. The first-order valence-corrected chi connectivity index (χ1v) is 7.46. The van der Waals surface area contributed by atoms with Crippen LogP contribution in [0.2, 0.25) is 0 Å². The Morgan fingerprint density at radius 3 is 2.84 bits per heavy atom. The molecule has 19 heavy (non-hydrogen) atoms. The first-order valence-electron chi connectivity index (χ1n) is 7.46. The van der Waals surface area contributed by atoms with Gasteiger partial charge < -0.3 is 10.1 Å². The van der Waals surface area contributed by atoms with Gasteiger partial charge in [0.15, 0.2) is 0 Å². The summed E-state index contributed by atoms with van der Waals surface area (Å²) in [5, 5.41) is 3.61. The lowest BCUT2D eigenvalue weighted by Crippen LogP contribution is -2.44. The van der Waals surface area contributed by atoms with E-state index in [2.05, 4.69) is 50.4 Å². The quantitative estimate of drug-likeness (QED) is 0.878. The molecule has 106 valence electrons. The van der Waals surface area contributed by atoms with Crippen molar-refractivity contribution in [3.63, 3.8) is 0 Å². The molecule has 0 saturated carbocycles. The van der Waals surface area contributed by atoms with Crippen molar-refractivity contribution in [3.8, 4) is 0 Å². The van der Waals surface area contributed by atoms with E-state index in [9.17, 15) is 0 Å². The zero-order valence-electron chi connectivity index (χ0n) is 12.5. The minimum atomic E-state index is 0.274. The number of rotatable bonds is 5. The molecule has 1 aliphatic heterocycles. The van der Waals surface area contributed by atoms with Crippen molar-refractivity contribution in [1.82, 2.24) is 5.32 Å². The highest BCUT2D eigenvalue weighted by molar-refractivity contribution is 5.23. The van der Waals surface area contributed by atoms with Gasteiger partial charge in [-0.3, -0.25) is 0 Å². The highest BCUT2D eigenvalue weighted by Gasteiger charge is 2.33. The molecular weight excluding hydrogens is 234 g/mol. The van der Waals surface area contributed by atoms with Crippen molar-refractivity contribution in [1.29, 1.82) is 0 Å². The van der Waals surface area contributed by atoms with E-state index in [0.717, 1.165) is 26.2 Å². The fourth-order valence-corrected chi connectivity index (χ4v) is 2.93. The molecule has 1 aliphatic rings. The molecule has 1 atom stereocenters. The molecular formula is C17H27NO. The van der Waals surface area contributed by atoms with Crippen molar-refractivity contribution in [2.75, 3.05) is 19.8 Å². The predicted molar refractivity (Wildman–Crippen MR) is 80.5 cm³/mol. The fraction of sp³-hybridized carbons (Fsp3) is 0.647. The van der Waals surface area contributed by atoms with Crippen LogP contribution in [0, 0.1) is 12.3 Å². The maximum Gasteiger partial charge on any atom is 0.0537 e. The SMILES string of the molecule is Cc1cccc(CC2(CNC(C)C)CCCOC2)c1. The summed E-state index contributed by atoms with van der Waals surface area (Å²) in [4.78, 5) is 0. The third-order valence-corrected chi connectivity index (χ3v) is 3.95. The lowest BCUT2D eigenvalue weighted by molar-refractivity contribution is -0.00802. The summed E-state index contributed by atoms with van der Waals surface area (Å²) in [7, 11) is 0. The first kappa shape index (κ1) is 14.5. The van der Waals surface area contributed by atoms with E-state index in [1.165, 1.54) is 24.0 Å². The van der Waals surface area contributed by atoms with Gasteiger partial charge in [-0.15, -0.1) is 0 Å². The number of hydrogen-bond donors (Lipinski definition) is 1. The highest BCUT2D eigenvalue weighted by Crippen LogP contribution is 2.32. The lowest BCUT2D eigenvalue weighted by atomic mass is 9.77. The van der Waals surface area contributed by atoms with Gasteiger partial charge in [-0.25, -0.2) is 0 Å². The van der Waals surface area contributed by atoms with Gasteiger partial charge in [0.25, 0.3) is 0 Å². The number of ether oxygens (including phenoxy) is 1. The van der Waals surface area contributed by atoms with Crippen LogP contribution in [0.3, 0.4) is 0 Å². The maximum atomic E-state index is 5.78. The summed E-state index contributed by atoms with van der Waals surface area (Å²) < 4.78 is 5.78. The summed E-state index contributed by atoms with van der Waals surface area (Å²) in [5.74, 6) is 0. The van der Waals surface area contributed by atoms with E-state index < -0.39 is 0 Å². The van der Waals surface area contributed by atoms with Crippen LogP contribution in [0.4, 0.5) is 0 Å². The molecule has 1 heterocycles. The van der Waals surface area contributed by atoms with E-state index in [1.54, 1.807) is 0 Å². The Kier molecular flexibility index (Phi) is 5.00. The highest BCUT2D eigenvalue weighted by atomic mass is 16.5. The lowest BCUT2D eigenvalue weighted by Gasteiger charge is -2.38. The Morgan fingerprint density at radius 2 is 2.21 bits per heavy atom. The van der Waals surface area contributed by atoms with Crippen molar-refractivity contribution >= 4 is 0 Å². The topological polar surface area (TPSA) is 21.3 Å². The summed E-state index contributed by atoms with van der Waals surface area (Å²) in [5.41, 5.74) is 3.06. The second-order valence-electron chi connectivity index (χ2n) is 6.36. The van der Waals surface area contributed by atoms with E-state index in [4.69, 9.17) is 4.74 Å². The molecule has 2 nitrogen and oxygen atoms in total. The van der Waals surface area contributed by atoms with E-state index >= 15 is 0 Å². The van der Waals surface area contributed by atoms with Gasteiger partial charge in [-0.2, -0.15) is 0 Å². The Labute approximate surface area is 117 Å². The van der Waals surface area contributed by atoms with Gasteiger partial charge in [0, 0.05) is 24.6 Å². The van der Waals surface area contributed by atoms with Crippen LogP contribution in [0.25, 0.3) is 0 Å². The molecule has 0 amide bonds. The molecule has 2 heteroatoms. The Hall–Kier alpha value is -0.860. The van der Waals surface area contributed by atoms with Crippen LogP contribution in [0.5, 0.6) is 0 Å². The van der Waals surface area contributed by atoms with Crippen LogP contribution in [0.15, 0.2) is 24.3 Å². The van der Waals surface area contributed by atoms with Gasteiger partial charge in [-0.1, -0.05) is 43.7 Å². The summed E-state index contributed by atoms with van der Waals surface area (Å²) in [6.45, 7) is 9.46. The normalized spacial score (nSPS) is 23.8. The molecule has 0 aliphatic carbocycles. The van der Waals surface area contributed by atoms with Gasteiger partial charge in [0.05, 0.1) is 6.61 Å². The van der Waals surface area contributed by atoms with Crippen molar-refractivity contribution in [3.05, 3.63) is 35.4 Å². The largest absolute Gasteiger partial charge is 0.381 e. The van der Waals surface area contributed by atoms with Crippen molar-refractivity contribution < 1.29 is 4.74 Å². The van der Waals surface area contributed by atoms with E-state index in [0.29, 0.717) is 6.04 Å². The third kappa shape index (κ3) is 4.32. The average Bonchev–Trinajstić information content (AvgIpc) is 2.38. The number of benzene rings is 1. The molecule has 1 unspecified atom stereocenters. The molecule has 0 spiro atoms. The second kappa shape index (κ2) is 6.53. The maximum absolute atomic E-state index is 5.78. The zero-order valence-corrected chi connectivity index (χ0v) is 12.5. The molecule has 0 aromatic heterocycles. The molecule has 0 radical (unpaired) electrons. The van der Waals surface area contributed by atoms with Crippen LogP contribution >= 0.6 is 0 Å². The van der Waals surface area contributed by atoms with Crippen LogP contribution in [0.1, 0.15) is 37.8 Å². The van der Waals surface area contributed by atoms with Crippen LogP contribution < -0.4 is 5.32 Å². The number of hydrogen-bond acceptors (Lipinski definition) is 2. The summed E-state index contributed by atoms with van der Waals surface area (Å²) >= 11 is 0. The van der Waals surface area contributed by atoms with E-state index in [1.807, 2.05) is 0 Å². The van der Waals surface area contributed by atoms with Crippen molar-refractivity contribution in [2.45, 2.75) is 46.1 Å². The fourth-order valence-electron chi connectivity index (χ4n) is 2.93. The van der Waals surface area contributed by atoms with E-state index in [-0.39, 0.29) is 5.41 Å². The molecule has 1 aromatic carbocycles. The molecule has 0 bridgehead atoms. The molecule has 1 fully saturated rings. The average molecular weight is 261 g/mol. The first-order chi connectivity index (χ1) is 9.10. The molecule has 2 rings (SSSR count). The molecule has 1 aromatic rings. The van der Waals surface area contributed by atoms with Gasteiger partial charge in [-0.05, 0) is 31.7 Å². The minimum Gasteiger partial charge on any atom is -0.381 e. The zero-order chi connectivity index (χ0) is 13.7. The Balaban J connectivity index is 2.08. The number of aryl methyl sites for hydroxylation is 1. The summed E-state index contributed by atoms with van der Waals surface area (Å²) in [6, 6.07) is 9.43. The Bertz CT molecular complexity index is 394. The predicted octanol–water partition coefficient (Wildman–Crippen LogP) is 3.33. The van der Waals surface area contributed by atoms with Crippen molar-refractivity contribution in [2.24, 2.45) is 5.41 Å². The molecule has 1 N–H and O–H groups in total. The summed E-state index contributed by atoms with van der Waals surface area (Å²) in [6.07, 6.45) is 3.57. The van der Waals surface area contributed by atoms with Crippen LogP contribution in [-0.4, -0.2) is 25.8 Å². The van der Waals surface area contributed by atoms with Gasteiger partial charge in [0.2, 0.25) is 0 Å². The third-order valence-electron chi connectivity index (χ3n) is 3.95. The molecule has 1 saturated heterocycles. The smallest absolute Gasteiger partial charge is 0.0537 e. The Morgan fingerprint density at radius 1 is 1.37 bits per heavy atom. The number of nitrogens with one attached hydrogen (secondary N) is 1. The van der Waals surface area contributed by atoms with Gasteiger partial charge >= 0.3 is 0 Å². The van der Waals surface area contributed by atoms with Crippen LogP contribution in [-0.2, 0) is 11.2 Å². The standard InChI is InChI=1S/C17H27NO/c1-14(2)18-12-17(8-5-9-19-13-17)11-16-7-4-6-15(3)10-16/h4,6-7,10,14,18H,5,8-9,11-13H2,1-3H3. The van der Waals surface area contributed by atoms with Gasteiger partial charge in [0.1, 0.15) is 0 Å².